The molecule has 5 nitrogen and oxygen atoms in total. The van der Waals surface area contributed by atoms with Crippen molar-refractivity contribution in [1.29, 1.82) is 0 Å². The van der Waals surface area contributed by atoms with Crippen LogP contribution in [0.4, 0.5) is 0 Å². The van der Waals surface area contributed by atoms with Gasteiger partial charge in [-0.1, -0.05) is 5.92 Å². The fourth-order valence-electron chi connectivity index (χ4n) is 1.16. The van der Waals surface area contributed by atoms with E-state index in [1.54, 1.807) is 12.3 Å². The number of esters is 1. The first-order valence-corrected chi connectivity index (χ1v) is 4.16. The summed E-state index contributed by atoms with van der Waals surface area (Å²) in [4.78, 5) is 15.3. The Morgan fingerprint density at radius 1 is 1.67 bits per heavy atom. The van der Waals surface area contributed by atoms with Crippen LogP contribution in [0.5, 0.6) is 0 Å². The molecule has 0 radical (unpaired) electrons. The van der Waals surface area contributed by atoms with Crippen molar-refractivity contribution in [1.82, 2.24) is 14.6 Å². The zero-order valence-electron chi connectivity index (χ0n) is 7.97. The zero-order valence-corrected chi connectivity index (χ0v) is 7.97. The van der Waals surface area contributed by atoms with Gasteiger partial charge in [-0.2, -0.15) is 5.10 Å². The third-order valence-corrected chi connectivity index (χ3v) is 1.87. The van der Waals surface area contributed by atoms with Crippen molar-refractivity contribution in [2.24, 2.45) is 0 Å². The molecule has 0 saturated heterocycles. The maximum absolute atomic E-state index is 11.2. The maximum atomic E-state index is 11.2. The highest BCUT2D eigenvalue weighted by atomic mass is 16.5. The van der Waals surface area contributed by atoms with Gasteiger partial charge in [0.15, 0.2) is 11.3 Å². The largest absolute Gasteiger partial charge is 0.464 e. The number of hydrogen-bond donors (Lipinski definition) is 0. The van der Waals surface area contributed by atoms with Crippen LogP contribution in [-0.4, -0.2) is 27.7 Å². The number of aromatic nitrogens is 3. The highest BCUT2D eigenvalue weighted by Crippen LogP contribution is 2.05. The van der Waals surface area contributed by atoms with E-state index < -0.39 is 5.97 Å². The number of carbonyl (C=O) groups is 1. The molecule has 0 fully saturated rings. The lowest BCUT2D eigenvalue weighted by molar-refractivity contribution is 0.0593. The second kappa shape index (κ2) is 3.42. The van der Waals surface area contributed by atoms with Crippen molar-refractivity contribution in [3.63, 3.8) is 0 Å². The molecule has 0 bridgehead atoms. The van der Waals surface area contributed by atoms with Crippen LogP contribution in [-0.2, 0) is 4.74 Å². The van der Waals surface area contributed by atoms with Gasteiger partial charge in [0, 0.05) is 12.3 Å². The summed E-state index contributed by atoms with van der Waals surface area (Å²) in [5.41, 5.74) is 1.23. The topological polar surface area (TPSA) is 56.5 Å². The fraction of sp³-hybridized carbons (Fsp3) is 0.100. The molecule has 0 N–H and O–H groups in total. The standard InChI is InChI=1S/C10H7N3O2/c1-3-7-4-5-13-9(11-7)6-8(12-13)10(14)15-2/h1,4-6H,2H3. The van der Waals surface area contributed by atoms with Crippen molar-refractivity contribution < 1.29 is 9.53 Å². The number of fused-ring (bicyclic) bond motifs is 1. The third-order valence-electron chi connectivity index (χ3n) is 1.87. The number of terminal acetylenes is 1. The Balaban J connectivity index is 2.57. The number of methoxy groups -OCH3 is 1. The van der Waals surface area contributed by atoms with E-state index in [-0.39, 0.29) is 5.69 Å². The minimum Gasteiger partial charge on any atom is -0.464 e. The van der Waals surface area contributed by atoms with Crippen molar-refractivity contribution in [2.75, 3.05) is 7.11 Å². The van der Waals surface area contributed by atoms with Crippen LogP contribution >= 0.6 is 0 Å². The molecule has 74 valence electrons. The monoisotopic (exact) mass is 201 g/mol. The van der Waals surface area contributed by atoms with Crippen molar-refractivity contribution in [3.8, 4) is 12.3 Å². The molecule has 2 heterocycles. The molecule has 5 heteroatoms. The molecule has 0 aromatic carbocycles. The van der Waals surface area contributed by atoms with Gasteiger partial charge in [-0.15, -0.1) is 6.42 Å². The number of carbonyl (C=O) groups excluding carboxylic acids is 1. The Bertz CT molecular complexity index is 566. The van der Waals surface area contributed by atoms with Gasteiger partial charge < -0.3 is 4.74 Å². The van der Waals surface area contributed by atoms with Crippen LogP contribution in [0, 0.1) is 12.3 Å². The summed E-state index contributed by atoms with van der Waals surface area (Å²) in [6.45, 7) is 0. The van der Waals surface area contributed by atoms with E-state index in [0.717, 1.165) is 0 Å². The van der Waals surface area contributed by atoms with E-state index >= 15 is 0 Å². The summed E-state index contributed by atoms with van der Waals surface area (Å²) in [5.74, 6) is 1.91. The van der Waals surface area contributed by atoms with Gasteiger partial charge >= 0.3 is 5.97 Å². The van der Waals surface area contributed by atoms with Crippen LogP contribution in [0.1, 0.15) is 16.2 Å². The Labute approximate surface area is 85.7 Å². The maximum Gasteiger partial charge on any atom is 0.358 e. The Morgan fingerprint density at radius 3 is 3.13 bits per heavy atom. The van der Waals surface area contributed by atoms with Gasteiger partial charge in [0.2, 0.25) is 0 Å². The number of nitrogens with zero attached hydrogens (tertiary/aromatic N) is 3. The van der Waals surface area contributed by atoms with Crippen molar-refractivity contribution in [2.45, 2.75) is 0 Å². The number of rotatable bonds is 1. The first-order valence-electron chi connectivity index (χ1n) is 4.16. The molecule has 0 unspecified atom stereocenters. The normalized spacial score (nSPS) is 9.87. The molecule has 0 spiro atoms. The SMILES string of the molecule is C#Cc1ccn2nc(C(=O)OC)cc2n1. The van der Waals surface area contributed by atoms with Gasteiger partial charge in [0.25, 0.3) is 0 Å². The van der Waals surface area contributed by atoms with Gasteiger partial charge in [-0.05, 0) is 6.07 Å². The van der Waals surface area contributed by atoms with E-state index in [4.69, 9.17) is 6.42 Å². The first-order chi connectivity index (χ1) is 7.24. The average Bonchev–Trinajstić information content (AvgIpc) is 2.70. The van der Waals surface area contributed by atoms with Crippen LogP contribution < -0.4 is 0 Å². The van der Waals surface area contributed by atoms with Crippen LogP contribution in [0.2, 0.25) is 0 Å². The summed E-state index contributed by atoms with van der Waals surface area (Å²) >= 11 is 0. The first kappa shape index (κ1) is 9.21. The quantitative estimate of drug-likeness (QED) is 0.498. The molecule has 0 saturated carbocycles. The van der Waals surface area contributed by atoms with E-state index in [9.17, 15) is 4.79 Å². The Hall–Kier alpha value is -2.35. The highest BCUT2D eigenvalue weighted by Gasteiger charge is 2.11. The van der Waals surface area contributed by atoms with Crippen LogP contribution in [0.3, 0.4) is 0 Å². The van der Waals surface area contributed by atoms with Crippen LogP contribution in [0.25, 0.3) is 5.65 Å². The lowest BCUT2D eigenvalue weighted by atomic mass is 10.4. The molecule has 15 heavy (non-hydrogen) atoms. The number of ether oxygens (including phenoxy) is 1. The molecular formula is C10H7N3O2. The fourth-order valence-corrected chi connectivity index (χ4v) is 1.16. The van der Waals surface area contributed by atoms with Gasteiger partial charge in [0.1, 0.15) is 5.69 Å². The van der Waals surface area contributed by atoms with Gasteiger partial charge in [-0.25, -0.2) is 14.3 Å². The summed E-state index contributed by atoms with van der Waals surface area (Å²) in [5, 5.41) is 3.97. The number of hydrogen-bond acceptors (Lipinski definition) is 4. The van der Waals surface area contributed by atoms with Gasteiger partial charge in [0.05, 0.1) is 7.11 Å². The minimum atomic E-state index is -0.497. The molecule has 0 aliphatic rings. The van der Waals surface area contributed by atoms with Crippen LogP contribution in [0.15, 0.2) is 18.3 Å². The lowest BCUT2D eigenvalue weighted by Gasteiger charge is -1.91. The Kier molecular flexibility index (Phi) is 2.10. The molecule has 2 aromatic rings. The van der Waals surface area contributed by atoms with E-state index in [1.807, 2.05) is 0 Å². The highest BCUT2D eigenvalue weighted by molar-refractivity contribution is 5.88. The summed E-state index contributed by atoms with van der Waals surface area (Å²) in [6.07, 6.45) is 6.84. The van der Waals surface area contributed by atoms with Crippen molar-refractivity contribution in [3.05, 3.63) is 29.7 Å². The molecule has 2 aromatic heterocycles. The second-order valence-corrected chi connectivity index (χ2v) is 2.78. The van der Waals surface area contributed by atoms with Gasteiger partial charge in [-0.3, -0.25) is 0 Å². The molecule has 0 aliphatic heterocycles. The van der Waals surface area contributed by atoms with E-state index in [0.29, 0.717) is 11.3 Å². The summed E-state index contributed by atoms with van der Waals surface area (Å²) in [6, 6.07) is 3.16. The molecule has 0 aliphatic carbocycles. The summed E-state index contributed by atoms with van der Waals surface area (Å²) in [7, 11) is 1.30. The molecular weight excluding hydrogens is 194 g/mol. The van der Waals surface area contributed by atoms with E-state index in [2.05, 4.69) is 20.7 Å². The smallest absolute Gasteiger partial charge is 0.358 e. The Morgan fingerprint density at radius 2 is 2.47 bits per heavy atom. The lowest BCUT2D eigenvalue weighted by Crippen LogP contribution is -2.01. The third kappa shape index (κ3) is 1.53. The minimum absolute atomic E-state index is 0.208. The van der Waals surface area contributed by atoms with E-state index in [1.165, 1.54) is 17.7 Å². The predicted molar refractivity (Wildman–Crippen MR) is 52.3 cm³/mol. The predicted octanol–water partition coefficient (Wildman–Crippen LogP) is 0.497. The summed E-state index contributed by atoms with van der Waals surface area (Å²) < 4.78 is 6.00. The molecule has 2 rings (SSSR count). The average molecular weight is 201 g/mol. The second-order valence-electron chi connectivity index (χ2n) is 2.78. The molecule has 0 atom stereocenters. The zero-order chi connectivity index (χ0) is 10.8. The van der Waals surface area contributed by atoms with Crippen molar-refractivity contribution >= 4 is 11.6 Å². The molecule has 0 amide bonds.